The van der Waals surface area contributed by atoms with Gasteiger partial charge in [0.15, 0.2) is 0 Å². The van der Waals surface area contributed by atoms with Gasteiger partial charge < -0.3 is 10.2 Å². The van der Waals surface area contributed by atoms with Gasteiger partial charge in [0, 0.05) is 12.2 Å². The third kappa shape index (κ3) is 1.96. The molecule has 1 N–H and O–H groups in total. The summed E-state index contributed by atoms with van der Waals surface area (Å²) in [6.07, 6.45) is 1.94. The molecule has 2 aliphatic rings. The molecule has 0 spiro atoms. The van der Waals surface area contributed by atoms with E-state index in [2.05, 4.69) is 5.32 Å². The third-order valence-electron chi connectivity index (χ3n) is 4.42. The Morgan fingerprint density at radius 3 is 3.05 bits per heavy atom. The molecular weight excluding hydrogens is 296 g/mol. The van der Waals surface area contributed by atoms with Gasteiger partial charge in [-0.25, -0.2) is 0 Å². The number of nitrogens with one attached hydrogen (secondary N) is 1. The van der Waals surface area contributed by atoms with Crippen molar-refractivity contribution in [3.8, 4) is 0 Å². The van der Waals surface area contributed by atoms with Crippen molar-refractivity contribution in [2.45, 2.75) is 25.7 Å². The van der Waals surface area contributed by atoms with Crippen LogP contribution in [0, 0.1) is 0 Å². The normalized spacial score (nSPS) is 19.2. The van der Waals surface area contributed by atoms with Gasteiger partial charge in [-0.05, 0) is 54.5 Å². The molecule has 1 unspecified atom stereocenters. The molecule has 2 aromatic rings. The van der Waals surface area contributed by atoms with Crippen molar-refractivity contribution >= 4 is 34.5 Å². The zero-order chi connectivity index (χ0) is 15.3. The molecule has 0 radical (unpaired) electrons. The Balaban J connectivity index is 1.72. The molecule has 112 valence electrons. The number of rotatable bonds is 2. The molecule has 4 nitrogen and oxygen atoms in total. The maximum Gasteiger partial charge on any atom is 0.265 e. The van der Waals surface area contributed by atoms with E-state index < -0.39 is 0 Å². The first-order valence-electron chi connectivity index (χ1n) is 7.48. The summed E-state index contributed by atoms with van der Waals surface area (Å²) in [5, 5.41) is 4.85. The maximum absolute atomic E-state index is 12.3. The second-order valence-electron chi connectivity index (χ2n) is 5.82. The minimum Gasteiger partial charge on any atom is -0.321 e. The molecule has 1 atom stereocenters. The molecule has 0 bridgehead atoms. The molecule has 0 fully saturated rings. The number of hydrogen-bond acceptors (Lipinski definition) is 3. The predicted octanol–water partition coefficient (Wildman–Crippen LogP) is 3.40. The predicted molar refractivity (Wildman–Crippen MR) is 87.8 cm³/mol. The van der Waals surface area contributed by atoms with Crippen LogP contribution < -0.4 is 10.2 Å². The van der Waals surface area contributed by atoms with Crippen molar-refractivity contribution in [2.75, 3.05) is 16.8 Å². The first kappa shape index (κ1) is 13.5. The van der Waals surface area contributed by atoms with Gasteiger partial charge in [-0.1, -0.05) is 6.07 Å². The summed E-state index contributed by atoms with van der Waals surface area (Å²) >= 11 is 1.42. The Kier molecular flexibility index (Phi) is 3.04. The average Bonchev–Trinajstić information content (AvgIpc) is 3.13. The Morgan fingerprint density at radius 2 is 2.27 bits per heavy atom. The molecule has 0 aliphatic carbocycles. The van der Waals surface area contributed by atoms with Gasteiger partial charge in [-0.2, -0.15) is 0 Å². The van der Waals surface area contributed by atoms with Gasteiger partial charge in [0.05, 0.1) is 16.5 Å². The molecule has 4 rings (SSSR count). The highest BCUT2D eigenvalue weighted by Crippen LogP contribution is 2.44. The second kappa shape index (κ2) is 4.95. The monoisotopic (exact) mass is 312 g/mol. The van der Waals surface area contributed by atoms with Crippen molar-refractivity contribution in [3.05, 3.63) is 45.6 Å². The highest BCUT2D eigenvalue weighted by Gasteiger charge is 2.37. The molecule has 3 heterocycles. The molecule has 1 aromatic heterocycles. The lowest BCUT2D eigenvalue weighted by atomic mass is 9.96. The van der Waals surface area contributed by atoms with Crippen molar-refractivity contribution in [2.24, 2.45) is 0 Å². The Hall–Kier alpha value is -2.14. The van der Waals surface area contributed by atoms with Gasteiger partial charge in [0.2, 0.25) is 5.91 Å². The summed E-state index contributed by atoms with van der Waals surface area (Å²) in [4.78, 5) is 27.2. The minimum absolute atomic E-state index is 0.0909. The van der Waals surface area contributed by atoms with E-state index in [0.29, 0.717) is 4.88 Å². The third-order valence-corrected chi connectivity index (χ3v) is 5.29. The largest absolute Gasteiger partial charge is 0.321 e. The first-order chi connectivity index (χ1) is 10.6. The first-order valence-corrected chi connectivity index (χ1v) is 8.36. The number of thiophene rings is 1. The molecule has 22 heavy (non-hydrogen) atoms. The van der Waals surface area contributed by atoms with Crippen LogP contribution in [0.15, 0.2) is 29.6 Å². The highest BCUT2D eigenvalue weighted by molar-refractivity contribution is 7.12. The minimum atomic E-state index is -0.120. The summed E-state index contributed by atoms with van der Waals surface area (Å²) in [5.74, 6) is -0.0325. The lowest BCUT2D eigenvalue weighted by Gasteiger charge is -2.26. The fourth-order valence-corrected chi connectivity index (χ4v) is 3.99. The van der Waals surface area contributed by atoms with Crippen LogP contribution in [0.4, 0.5) is 11.4 Å². The molecule has 0 saturated carbocycles. The number of aryl methyl sites for hydroxylation is 1. The molecule has 2 amide bonds. The van der Waals surface area contributed by atoms with Crippen LogP contribution >= 0.6 is 11.3 Å². The number of anilines is 2. The number of nitrogens with zero attached hydrogens (tertiary/aromatic N) is 1. The van der Waals surface area contributed by atoms with E-state index in [1.807, 2.05) is 41.5 Å². The van der Waals surface area contributed by atoms with E-state index in [1.54, 1.807) is 0 Å². The van der Waals surface area contributed by atoms with E-state index in [9.17, 15) is 9.59 Å². The topological polar surface area (TPSA) is 49.4 Å². The standard InChI is InChI=1S/C17H16N2O2S/c1-10-13-9-12(18-16(20)14-5-3-7-22-14)8-11-4-2-6-19(15(11)13)17(10)21/h3,5,7-10H,2,4,6H2,1H3,(H,18,20). The van der Waals surface area contributed by atoms with Crippen molar-refractivity contribution in [1.29, 1.82) is 0 Å². The van der Waals surface area contributed by atoms with Crippen molar-refractivity contribution in [1.82, 2.24) is 0 Å². The number of benzene rings is 1. The number of carbonyl (C=O) groups is 2. The smallest absolute Gasteiger partial charge is 0.265 e. The number of amides is 2. The number of carbonyl (C=O) groups excluding carboxylic acids is 2. The Labute approximate surface area is 132 Å². The lowest BCUT2D eigenvalue weighted by molar-refractivity contribution is -0.119. The van der Waals surface area contributed by atoms with Gasteiger partial charge in [0.25, 0.3) is 5.91 Å². The Morgan fingerprint density at radius 1 is 1.41 bits per heavy atom. The number of hydrogen-bond donors (Lipinski definition) is 1. The van der Waals surface area contributed by atoms with Gasteiger partial charge in [-0.3, -0.25) is 9.59 Å². The van der Waals surface area contributed by atoms with Gasteiger partial charge in [-0.15, -0.1) is 11.3 Å². The molecule has 0 saturated heterocycles. The van der Waals surface area contributed by atoms with Crippen LogP contribution in [0.1, 0.15) is 40.1 Å². The van der Waals surface area contributed by atoms with E-state index in [0.717, 1.165) is 36.3 Å². The van der Waals surface area contributed by atoms with E-state index in [1.165, 1.54) is 16.9 Å². The lowest BCUT2D eigenvalue weighted by Crippen LogP contribution is -2.32. The summed E-state index contributed by atoms with van der Waals surface area (Å²) in [6, 6.07) is 7.65. The fourth-order valence-electron chi connectivity index (χ4n) is 3.37. The van der Waals surface area contributed by atoms with Crippen molar-refractivity contribution in [3.63, 3.8) is 0 Å². The molecule has 1 aromatic carbocycles. The van der Waals surface area contributed by atoms with Crippen LogP contribution in [-0.2, 0) is 11.2 Å². The van der Waals surface area contributed by atoms with Crippen LogP contribution in [-0.4, -0.2) is 18.4 Å². The van der Waals surface area contributed by atoms with Crippen molar-refractivity contribution < 1.29 is 9.59 Å². The Bertz CT molecular complexity index is 767. The molecule has 2 aliphatic heterocycles. The van der Waals surface area contributed by atoms with Gasteiger partial charge in [0.1, 0.15) is 0 Å². The quantitative estimate of drug-likeness (QED) is 0.924. The van der Waals surface area contributed by atoms with E-state index >= 15 is 0 Å². The zero-order valence-electron chi connectivity index (χ0n) is 12.3. The van der Waals surface area contributed by atoms with Crippen LogP contribution in [0.3, 0.4) is 0 Å². The zero-order valence-corrected chi connectivity index (χ0v) is 13.1. The highest BCUT2D eigenvalue weighted by atomic mass is 32.1. The summed E-state index contributed by atoms with van der Waals surface area (Å²) in [7, 11) is 0. The van der Waals surface area contributed by atoms with Crippen LogP contribution in [0.5, 0.6) is 0 Å². The van der Waals surface area contributed by atoms with Gasteiger partial charge >= 0.3 is 0 Å². The second-order valence-corrected chi connectivity index (χ2v) is 6.77. The van der Waals surface area contributed by atoms with Crippen LogP contribution in [0.2, 0.25) is 0 Å². The van der Waals surface area contributed by atoms with Crippen LogP contribution in [0.25, 0.3) is 0 Å². The van der Waals surface area contributed by atoms with E-state index in [-0.39, 0.29) is 17.7 Å². The summed E-state index contributed by atoms with van der Waals surface area (Å²) in [6.45, 7) is 2.76. The molecule has 5 heteroatoms. The summed E-state index contributed by atoms with van der Waals surface area (Å²) in [5.41, 5.74) is 4.08. The maximum atomic E-state index is 12.3. The fraction of sp³-hybridized carbons (Fsp3) is 0.294. The van der Waals surface area contributed by atoms with E-state index in [4.69, 9.17) is 0 Å². The summed E-state index contributed by atoms with van der Waals surface area (Å²) < 4.78 is 0. The SMILES string of the molecule is CC1C(=O)N2CCCc3cc(NC(=O)c4cccs4)cc1c32. The molecular formula is C17H16N2O2S. The average molecular weight is 312 g/mol.